The zero-order valence-corrected chi connectivity index (χ0v) is 16.5. The van der Waals surface area contributed by atoms with Crippen molar-refractivity contribution in [2.24, 2.45) is 5.10 Å². The van der Waals surface area contributed by atoms with Gasteiger partial charge in [-0.15, -0.1) is 0 Å². The van der Waals surface area contributed by atoms with Crippen molar-refractivity contribution >= 4 is 22.9 Å². The van der Waals surface area contributed by atoms with Crippen LogP contribution in [0.5, 0.6) is 11.5 Å². The third-order valence-corrected chi connectivity index (χ3v) is 4.74. The summed E-state index contributed by atoms with van der Waals surface area (Å²) < 4.78 is 19.5. The molecule has 0 atom stereocenters. The maximum Gasteiger partial charge on any atom is 0.275 e. The van der Waals surface area contributed by atoms with Gasteiger partial charge in [-0.3, -0.25) is 4.79 Å². The summed E-state index contributed by atoms with van der Waals surface area (Å²) in [4.78, 5) is 12.5. The van der Waals surface area contributed by atoms with Crippen LogP contribution >= 0.6 is 0 Å². The fourth-order valence-corrected chi connectivity index (χ4v) is 3.12. The van der Waals surface area contributed by atoms with Crippen LogP contribution in [0.3, 0.4) is 0 Å². The molecule has 0 unspecified atom stereocenters. The average molecular weight is 414 g/mol. The van der Waals surface area contributed by atoms with Gasteiger partial charge in [0.1, 0.15) is 23.9 Å². The van der Waals surface area contributed by atoms with Crippen molar-refractivity contribution < 1.29 is 19.0 Å². The van der Waals surface area contributed by atoms with Crippen molar-refractivity contribution in [3.05, 3.63) is 107 Å². The second-order valence-electron chi connectivity index (χ2n) is 6.83. The molecule has 1 amide bonds. The number of carbonyl (C=O) groups is 1. The molecule has 0 saturated carbocycles. The highest BCUT2D eigenvalue weighted by Gasteiger charge is 2.12. The SMILES string of the molecule is O=C(N/N=C/c1ccccc1OCc1ccccc1F)c1cc2ccccc2cc1O. The van der Waals surface area contributed by atoms with Gasteiger partial charge < -0.3 is 9.84 Å². The summed E-state index contributed by atoms with van der Waals surface area (Å²) in [7, 11) is 0. The molecule has 0 saturated heterocycles. The molecule has 0 aliphatic heterocycles. The van der Waals surface area contributed by atoms with Crippen molar-refractivity contribution in [1.29, 1.82) is 0 Å². The normalized spacial score (nSPS) is 11.0. The Bertz CT molecular complexity index is 1270. The van der Waals surface area contributed by atoms with Gasteiger partial charge in [-0.2, -0.15) is 5.10 Å². The minimum atomic E-state index is -0.538. The first kappa shape index (κ1) is 20.1. The van der Waals surface area contributed by atoms with E-state index in [1.54, 1.807) is 54.6 Å². The molecule has 0 fully saturated rings. The lowest BCUT2D eigenvalue weighted by atomic mass is 10.1. The van der Waals surface area contributed by atoms with Crippen LogP contribution < -0.4 is 10.2 Å². The van der Waals surface area contributed by atoms with E-state index < -0.39 is 5.91 Å². The summed E-state index contributed by atoms with van der Waals surface area (Å²) in [5.74, 6) is -0.502. The number of ether oxygens (including phenoxy) is 1. The van der Waals surface area contributed by atoms with Crippen LogP contribution in [-0.2, 0) is 6.61 Å². The largest absolute Gasteiger partial charge is 0.507 e. The van der Waals surface area contributed by atoms with Crippen molar-refractivity contribution in [3.8, 4) is 11.5 Å². The van der Waals surface area contributed by atoms with Gasteiger partial charge in [0, 0.05) is 11.1 Å². The first-order valence-corrected chi connectivity index (χ1v) is 9.62. The molecule has 154 valence electrons. The molecular weight excluding hydrogens is 395 g/mol. The van der Waals surface area contributed by atoms with E-state index in [1.165, 1.54) is 12.3 Å². The molecule has 4 rings (SSSR count). The summed E-state index contributed by atoms with van der Waals surface area (Å²) in [6, 6.07) is 24.1. The fourth-order valence-electron chi connectivity index (χ4n) is 3.12. The van der Waals surface area contributed by atoms with Crippen LogP contribution in [0.15, 0.2) is 90.0 Å². The number of nitrogens with zero attached hydrogens (tertiary/aromatic N) is 1. The zero-order valence-electron chi connectivity index (χ0n) is 16.5. The summed E-state index contributed by atoms with van der Waals surface area (Å²) in [6.07, 6.45) is 1.44. The second kappa shape index (κ2) is 9.09. The Hall–Kier alpha value is -4.19. The van der Waals surface area contributed by atoms with Crippen molar-refractivity contribution in [1.82, 2.24) is 5.43 Å². The van der Waals surface area contributed by atoms with Crippen LogP contribution in [0.2, 0.25) is 0 Å². The molecule has 0 radical (unpaired) electrons. The van der Waals surface area contributed by atoms with E-state index in [4.69, 9.17) is 4.74 Å². The highest BCUT2D eigenvalue weighted by Crippen LogP contribution is 2.25. The number of rotatable bonds is 6. The van der Waals surface area contributed by atoms with Gasteiger partial charge in [0.2, 0.25) is 0 Å². The van der Waals surface area contributed by atoms with Crippen molar-refractivity contribution in [2.45, 2.75) is 6.61 Å². The van der Waals surface area contributed by atoms with E-state index in [1.807, 2.05) is 24.3 Å². The zero-order chi connectivity index (χ0) is 21.6. The minimum absolute atomic E-state index is 0.0643. The number of aromatic hydroxyl groups is 1. The Labute approximate surface area is 178 Å². The molecule has 31 heavy (non-hydrogen) atoms. The van der Waals surface area contributed by atoms with E-state index in [9.17, 15) is 14.3 Å². The number of para-hydroxylation sites is 1. The maximum atomic E-state index is 13.8. The van der Waals surface area contributed by atoms with E-state index in [0.717, 1.165) is 10.8 Å². The molecule has 4 aromatic rings. The van der Waals surface area contributed by atoms with Crippen LogP contribution in [0, 0.1) is 5.82 Å². The molecule has 0 bridgehead atoms. The first-order chi connectivity index (χ1) is 15.1. The van der Waals surface area contributed by atoms with Crippen molar-refractivity contribution in [3.63, 3.8) is 0 Å². The molecule has 4 aromatic carbocycles. The highest BCUT2D eigenvalue weighted by atomic mass is 19.1. The number of halogens is 1. The fraction of sp³-hybridized carbons (Fsp3) is 0.0400. The van der Waals surface area contributed by atoms with Crippen LogP contribution in [0.25, 0.3) is 10.8 Å². The number of nitrogens with one attached hydrogen (secondary N) is 1. The van der Waals surface area contributed by atoms with E-state index in [2.05, 4.69) is 10.5 Å². The standard InChI is InChI=1S/C25H19FN2O3/c26-22-11-5-3-10-20(22)16-31-24-12-6-4-9-19(24)15-27-28-25(30)21-13-17-7-1-2-8-18(17)14-23(21)29/h1-15,29H,16H2,(H,28,30)/b27-15+. The van der Waals surface area contributed by atoms with Gasteiger partial charge in [0.25, 0.3) is 5.91 Å². The molecule has 0 aliphatic rings. The first-order valence-electron chi connectivity index (χ1n) is 9.62. The third-order valence-electron chi connectivity index (χ3n) is 4.74. The van der Waals surface area contributed by atoms with Gasteiger partial charge in [-0.25, -0.2) is 9.82 Å². The topological polar surface area (TPSA) is 70.9 Å². The molecule has 0 spiro atoms. The lowest BCUT2D eigenvalue weighted by molar-refractivity contribution is 0.0952. The Balaban J connectivity index is 1.46. The van der Waals surface area contributed by atoms with Crippen LogP contribution in [-0.4, -0.2) is 17.2 Å². The maximum absolute atomic E-state index is 13.8. The molecule has 0 aliphatic carbocycles. The highest BCUT2D eigenvalue weighted by molar-refractivity contribution is 6.01. The number of amides is 1. The number of fused-ring (bicyclic) bond motifs is 1. The lowest BCUT2D eigenvalue weighted by Gasteiger charge is -2.09. The number of hydrogen-bond acceptors (Lipinski definition) is 4. The molecule has 6 heteroatoms. The quantitative estimate of drug-likeness (QED) is 0.343. The summed E-state index contributed by atoms with van der Waals surface area (Å²) in [6.45, 7) is 0.0643. The predicted molar refractivity (Wildman–Crippen MR) is 118 cm³/mol. The molecule has 2 N–H and O–H groups in total. The van der Waals surface area contributed by atoms with E-state index >= 15 is 0 Å². The summed E-state index contributed by atoms with van der Waals surface area (Å²) >= 11 is 0. The summed E-state index contributed by atoms with van der Waals surface area (Å²) in [5, 5.41) is 15.8. The Kier molecular flexibility index (Phi) is 5.89. The van der Waals surface area contributed by atoms with E-state index in [0.29, 0.717) is 16.9 Å². The van der Waals surface area contributed by atoms with Gasteiger partial charge in [-0.05, 0) is 41.1 Å². The van der Waals surface area contributed by atoms with Gasteiger partial charge >= 0.3 is 0 Å². The average Bonchev–Trinajstić information content (AvgIpc) is 2.78. The van der Waals surface area contributed by atoms with Crippen LogP contribution in [0.1, 0.15) is 21.5 Å². The Morgan fingerprint density at radius 2 is 1.65 bits per heavy atom. The minimum Gasteiger partial charge on any atom is -0.507 e. The number of hydrogen-bond donors (Lipinski definition) is 2. The Morgan fingerprint density at radius 3 is 2.45 bits per heavy atom. The predicted octanol–water partition coefficient (Wildman–Crippen LogP) is 5.03. The lowest BCUT2D eigenvalue weighted by Crippen LogP contribution is -2.17. The van der Waals surface area contributed by atoms with Crippen LogP contribution in [0.4, 0.5) is 4.39 Å². The number of phenolic OH excluding ortho intramolecular Hbond substituents is 1. The number of phenols is 1. The smallest absolute Gasteiger partial charge is 0.275 e. The monoisotopic (exact) mass is 414 g/mol. The number of hydrazone groups is 1. The molecule has 0 heterocycles. The Morgan fingerprint density at radius 1 is 0.968 bits per heavy atom. The summed E-state index contributed by atoms with van der Waals surface area (Å²) in [5.41, 5.74) is 3.60. The molecular formula is C25H19FN2O3. The second-order valence-corrected chi connectivity index (χ2v) is 6.83. The molecule has 5 nitrogen and oxygen atoms in total. The van der Waals surface area contributed by atoms with Gasteiger partial charge in [0.05, 0.1) is 11.8 Å². The van der Waals surface area contributed by atoms with E-state index in [-0.39, 0.29) is 23.7 Å². The van der Waals surface area contributed by atoms with Gasteiger partial charge in [0.15, 0.2) is 0 Å². The number of benzene rings is 4. The number of carbonyl (C=O) groups excluding carboxylic acids is 1. The third kappa shape index (κ3) is 4.70. The van der Waals surface area contributed by atoms with Gasteiger partial charge in [-0.1, -0.05) is 54.6 Å². The van der Waals surface area contributed by atoms with Crippen molar-refractivity contribution in [2.75, 3.05) is 0 Å². The molecule has 0 aromatic heterocycles.